The van der Waals surface area contributed by atoms with Gasteiger partial charge < -0.3 is 10.0 Å². The molecule has 1 amide bonds. The zero-order valence-corrected chi connectivity index (χ0v) is 13.9. The van der Waals surface area contributed by atoms with Gasteiger partial charge in [0.15, 0.2) is 5.78 Å². The Bertz CT molecular complexity index is 834. The number of amides is 1. The van der Waals surface area contributed by atoms with Gasteiger partial charge in [-0.05, 0) is 55.0 Å². The molecule has 2 aromatic rings. The van der Waals surface area contributed by atoms with Crippen LogP contribution in [0.1, 0.15) is 34.3 Å². The lowest BCUT2D eigenvalue weighted by Gasteiger charge is -2.33. The zero-order valence-electron chi connectivity index (χ0n) is 13.9. The van der Waals surface area contributed by atoms with Gasteiger partial charge >= 0.3 is 0 Å². The number of rotatable bonds is 3. The minimum Gasteiger partial charge on any atom is -0.388 e. The van der Waals surface area contributed by atoms with Crippen LogP contribution >= 0.6 is 0 Å². The maximum atomic E-state index is 13.2. The van der Waals surface area contributed by atoms with Crippen molar-refractivity contribution < 1.29 is 14.7 Å². The normalized spacial score (nSPS) is 22.3. The van der Waals surface area contributed by atoms with E-state index in [4.69, 9.17) is 5.11 Å². The first-order valence-corrected chi connectivity index (χ1v) is 8.61. The monoisotopic (exact) mass is 336 g/mol. The van der Waals surface area contributed by atoms with Gasteiger partial charge in [0.25, 0.3) is 0 Å². The third-order valence-corrected chi connectivity index (χ3v) is 5.54. The van der Waals surface area contributed by atoms with E-state index in [1.807, 2.05) is 29.2 Å². The molecule has 4 rings (SSSR count). The van der Waals surface area contributed by atoms with Crippen LogP contribution in [0.15, 0.2) is 42.7 Å². The molecule has 1 N–H and O–H groups in total. The Hall–Kier alpha value is -2.53. The van der Waals surface area contributed by atoms with Crippen LogP contribution in [0.2, 0.25) is 0 Å². The van der Waals surface area contributed by atoms with Crippen molar-refractivity contribution in [3.05, 3.63) is 59.4 Å². The molecule has 2 aliphatic rings. The van der Waals surface area contributed by atoms with Crippen LogP contribution < -0.4 is 4.90 Å². The molecule has 0 saturated carbocycles. The van der Waals surface area contributed by atoms with Crippen LogP contribution in [-0.2, 0) is 17.6 Å². The topological polar surface area (TPSA) is 70.5 Å². The first kappa shape index (κ1) is 16.0. The second-order valence-corrected chi connectivity index (χ2v) is 6.94. The summed E-state index contributed by atoms with van der Waals surface area (Å²) in [5, 5.41) is 9.08. The quantitative estimate of drug-likeness (QED) is 0.872. The number of aliphatic hydroxyl groups excluding tert-OH is 1. The molecule has 5 nitrogen and oxygen atoms in total. The number of Topliss-reactive ketones (excluding diaryl/α,β-unsaturated/α-hetero) is 1. The Morgan fingerprint density at radius 2 is 2.12 bits per heavy atom. The molecule has 1 atom stereocenters. The number of hydrogen-bond acceptors (Lipinski definition) is 4. The number of aliphatic hydroxyl groups is 1. The molecule has 5 heteroatoms. The number of pyridine rings is 1. The van der Waals surface area contributed by atoms with Crippen molar-refractivity contribution in [1.82, 2.24) is 4.98 Å². The van der Waals surface area contributed by atoms with E-state index in [9.17, 15) is 9.59 Å². The van der Waals surface area contributed by atoms with Gasteiger partial charge in [0.05, 0.1) is 17.3 Å². The minimum atomic E-state index is -0.488. The summed E-state index contributed by atoms with van der Waals surface area (Å²) in [6, 6.07) is 9.35. The average Bonchev–Trinajstić information content (AvgIpc) is 2.97. The fraction of sp³-hybridized carbons (Fsp3) is 0.350. The summed E-state index contributed by atoms with van der Waals surface area (Å²) >= 11 is 0. The molecule has 1 aliphatic heterocycles. The minimum absolute atomic E-state index is 0.157. The first-order valence-electron chi connectivity index (χ1n) is 8.61. The van der Waals surface area contributed by atoms with Gasteiger partial charge in [0, 0.05) is 18.3 Å². The summed E-state index contributed by atoms with van der Waals surface area (Å²) in [6.45, 7) is 0.215. The van der Waals surface area contributed by atoms with Gasteiger partial charge in [0.2, 0.25) is 5.91 Å². The number of carbonyl (C=O) groups is 2. The van der Waals surface area contributed by atoms with Crippen molar-refractivity contribution in [3.8, 4) is 0 Å². The van der Waals surface area contributed by atoms with Gasteiger partial charge in [-0.25, -0.2) is 0 Å². The number of ketones is 1. The van der Waals surface area contributed by atoms with Gasteiger partial charge in [-0.15, -0.1) is 0 Å². The molecule has 2 heterocycles. The molecular formula is C20H20N2O3. The van der Waals surface area contributed by atoms with E-state index in [1.165, 1.54) is 5.56 Å². The molecule has 1 aliphatic carbocycles. The van der Waals surface area contributed by atoms with E-state index < -0.39 is 6.61 Å². The van der Waals surface area contributed by atoms with Gasteiger partial charge in [-0.3, -0.25) is 14.6 Å². The summed E-state index contributed by atoms with van der Waals surface area (Å²) in [5.74, 6) is -0.123. The van der Waals surface area contributed by atoms with Crippen LogP contribution in [0.5, 0.6) is 0 Å². The van der Waals surface area contributed by atoms with Crippen LogP contribution in [-0.4, -0.2) is 34.9 Å². The first-order chi connectivity index (χ1) is 12.1. The summed E-state index contributed by atoms with van der Waals surface area (Å²) < 4.78 is 0. The van der Waals surface area contributed by atoms with Crippen LogP contribution in [0.25, 0.3) is 0 Å². The molecule has 1 aromatic heterocycles. The van der Waals surface area contributed by atoms with E-state index >= 15 is 0 Å². The van der Waals surface area contributed by atoms with E-state index in [1.54, 1.807) is 18.5 Å². The van der Waals surface area contributed by atoms with Crippen LogP contribution in [0, 0.1) is 5.41 Å². The smallest absolute Gasteiger partial charge is 0.233 e. The van der Waals surface area contributed by atoms with Crippen molar-refractivity contribution in [1.29, 1.82) is 0 Å². The van der Waals surface area contributed by atoms with Crippen molar-refractivity contribution >= 4 is 17.4 Å². The third-order valence-electron chi connectivity index (χ3n) is 5.54. The Morgan fingerprint density at radius 3 is 2.88 bits per heavy atom. The Labute approximate surface area is 146 Å². The predicted octanol–water partition coefficient (Wildman–Crippen LogP) is 2.17. The second kappa shape index (κ2) is 6.08. The lowest BCUT2D eigenvalue weighted by atomic mass is 9.70. The van der Waals surface area contributed by atoms with E-state index in [2.05, 4.69) is 4.98 Å². The largest absolute Gasteiger partial charge is 0.388 e. The number of hydrogen-bond donors (Lipinski definition) is 1. The Kier molecular flexibility index (Phi) is 3.88. The highest BCUT2D eigenvalue weighted by Crippen LogP contribution is 2.45. The molecule has 1 unspecified atom stereocenters. The van der Waals surface area contributed by atoms with Crippen LogP contribution in [0.3, 0.4) is 0 Å². The van der Waals surface area contributed by atoms with E-state index in [0.717, 1.165) is 30.5 Å². The van der Waals surface area contributed by atoms with Crippen LogP contribution in [0.4, 0.5) is 5.69 Å². The standard InChI is InChI=1S/C20H20N2O3/c23-13-18(24)15-4-3-14-5-6-20(11-16(14)10-15)7-9-22(19(20)25)17-2-1-8-21-12-17/h1-4,8,10,12,23H,5-7,9,11,13H2. The number of aryl methyl sites for hydroxylation is 1. The number of anilines is 1. The maximum absolute atomic E-state index is 13.2. The molecule has 0 radical (unpaired) electrons. The molecule has 1 saturated heterocycles. The van der Waals surface area contributed by atoms with Crippen molar-refractivity contribution in [2.45, 2.75) is 25.7 Å². The summed E-state index contributed by atoms with van der Waals surface area (Å²) in [4.78, 5) is 30.9. The second-order valence-electron chi connectivity index (χ2n) is 6.94. The van der Waals surface area contributed by atoms with Gasteiger partial charge in [0.1, 0.15) is 6.61 Å². The summed E-state index contributed by atoms with van der Waals surface area (Å²) in [5.41, 5.74) is 3.25. The average molecular weight is 336 g/mol. The molecule has 1 spiro atoms. The Balaban J connectivity index is 1.63. The lowest BCUT2D eigenvalue weighted by molar-refractivity contribution is -0.126. The van der Waals surface area contributed by atoms with E-state index in [0.29, 0.717) is 18.5 Å². The number of carbonyl (C=O) groups excluding carboxylic acids is 2. The molecule has 128 valence electrons. The molecular weight excluding hydrogens is 316 g/mol. The van der Waals surface area contributed by atoms with Crippen molar-refractivity contribution in [3.63, 3.8) is 0 Å². The fourth-order valence-corrected chi connectivity index (χ4v) is 4.10. The van der Waals surface area contributed by atoms with Crippen molar-refractivity contribution in [2.75, 3.05) is 18.1 Å². The summed E-state index contributed by atoms with van der Waals surface area (Å²) in [7, 11) is 0. The summed E-state index contributed by atoms with van der Waals surface area (Å²) in [6.07, 6.45) is 6.59. The number of aromatic nitrogens is 1. The Morgan fingerprint density at radius 1 is 1.24 bits per heavy atom. The number of benzene rings is 1. The SMILES string of the molecule is O=C(CO)c1ccc2c(c1)CC1(CC2)CCN(c2cccnc2)C1=O. The van der Waals surface area contributed by atoms with Crippen molar-refractivity contribution in [2.24, 2.45) is 5.41 Å². The molecule has 1 aromatic carbocycles. The molecule has 1 fully saturated rings. The highest BCUT2D eigenvalue weighted by atomic mass is 16.3. The number of nitrogens with zero attached hydrogens (tertiary/aromatic N) is 2. The molecule has 0 bridgehead atoms. The fourth-order valence-electron chi connectivity index (χ4n) is 4.10. The lowest BCUT2D eigenvalue weighted by Crippen LogP contribution is -2.38. The number of fused-ring (bicyclic) bond motifs is 1. The van der Waals surface area contributed by atoms with Gasteiger partial charge in [-0.2, -0.15) is 0 Å². The predicted molar refractivity (Wildman–Crippen MR) is 93.5 cm³/mol. The van der Waals surface area contributed by atoms with E-state index in [-0.39, 0.29) is 17.1 Å². The highest BCUT2D eigenvalue weighted by molar-refractivity contribution is 6.00. The molecule has 25 heavy (non-hydrogen) atoms. The third kappa shape index (κ3) is 2.65. The maximum Gasteiger partial charge on any atom is 0.233 e. The zero-order chi connectivity index (χ0) is 17.4. The van der Waals surface area contributed by atoms with Gasteiger partial charge in [-0.1, -0.05) is 12.1 Å². The highest BCUT2D eigenvalue weighted by Gasteiger charge is 2.48.